The van der Waals surface area contributed by atoms with Crippen molar-refractivity contribution in [2.24, 2.45) is 17.8 Å². The number of hydrogen-bond acceptors (Lipinski definition) is 6. The number of hydrogen-bond donors (Lipinski definition) is 1. The molecular weight excluding hydrogens is 460 g/mol. The van der Waals surface area contributed by atoms with Crippen LogP contribution in [0.1, 0.15) is 66.2 Å². The van der Waals surface area contributed by atoms with Gasteiger partial charge in [-0.1, -0.05) is 38.8 Å². The lowest BCUT2D eigenvalue weighted by Gasteiger charge is -2.38. The summed E-state index contributed by atoms with van der Waals surface area (Å²) in [4.78, 5) is 44.8. The Morgan fingerprint density at radius 3 is 2.64 bits per heavy atom. The van der Waals surface area contributed by atoms with Crippen molar-refractivity contribution in [2.75, 3.05) is 26.3 Å². The number of carbonyl (C=O) groups is 3. The first-order valence-electron chi connectivity index (χ1n) is 13.4. The molecule has 7 atom stereocenters. The molecule has 2 bridgehead atoms. The minimum Gasteiger partial charge on any atom is -0.465 e. The van der Waals surface area contributed by atoms with Crippen LogP contribution in [-0.2, 0) is 23.9 Å². The number of amides is 2. The molecule has 1 spiro atoms. The number of allylic oxidation sites excluding steroid dienone is 1. The van der Waals surface area contributed by atoms with Crippen LogP contribution in [0.2, 0.25) is 0 Å². The average Bonchev–Trinajstić information content (AvgIpc) is 3.37. The Labute approximate surface area is 215 Å². The third-order valence-electron chi connectivity index (χ3n) is 8.47. The zero-order valence-electron chi connectivity index (χ0n) is 22.4. The summed E-state index contributed by atoms with van der Waals surface area (Å²) in [6.45, 7) is 16.1. The second-order valence-corrected chi connectivity index (χ2v) is 10.9. The van der Waals surface area contributed by atoms with Crippen molar-refractivity contribution in [1.82, 2.24) is 9.80 Å². The Morgan fingerprint density at radius 2 is 2.03 bits per heavy atom. The van der Waals surface area contributed by atoms with E-state index >= 15 is 0 Å². The van der Waals surface area contributed by atoms with E-state index in [1.165, 1.54) is 4.90 Å². The lowest BCUT2D eigenvalue weighted by Crippen LogP contribution is -2.58. The maximum absolute atomic E-state index is 14.2. The normalized spacial score (nSPS) is 33.4. The molecule has 0 radical (unpaired) electrons. The highest BCUT2D eigenvalue weighted by molar-refractivity contribution is 5.98. The van der Waals surface area contributed by atoms with Gasteiger partial charge in [0.2, 0.25) is 11.8 Å². The summed E-state index contributed by atoms with van der Waals surface area (Å²) in [6, 6.07) is -1.51. The van der Waals surface area contributed by atoms with Crippen LogP contribution < -0.4 is 0 Å². The molecular formula is C28H44N2O6. The molecule has 0 saturated carbocycles. The quantitative estimate of drug-likeness (QED) is 0.222. The third kappa shape index (κ3) is 4.62. The van der Waals surface area contributed by atoms with Crippen LogP contribution in [0.15, 0.2) is 25.3 Å². The second kappa shape index (κ2) is 11.5. The fourth-order valence-electron chi connectivity index (χ4n) is 6.54. The summed E-state index contributed by atoms with van der Waals surface area (Å²) in [5.74, 6) is -2.67. The molecule has 8 heteroatoms. The number of aliphatic hydroxyl groups excluding tert-OH is 1. The first kappa shape index (κ1) is 28.4. The van der Waals surface area contributed by atoms with Gasteiger partial charge in [-0.15, -0.1) is 13.2 Å². The molecule has 36 heavy (non-hydrogen) atoms. The van der Waals surface area contributed by atoms with E-state index in [9.17, 15) is 19.5 Å². The SMILES string of the molecule is C=CCCCOC(=O)[C@@H]1[C@H]2C(=O)N([C@H](C)CO)C(C(=O)N(CC=C)CCCCC)C23CC(C)[C@@]1(C)O3. The van der Waals surface area contributed by atoms with Gasteiger partial charge in [0.1, 0.15) is 17.6 Å². The van der Waals surface area contributed by atoms with Gasteiger partial charge in [-0.2, -0.15) is 0 Å². The van der Waals surface area contributed by atoms with Gasteiger partial charge in [-0.3, -0.25) is 14.4 Å². The molecule has 0 aromatic carbocycles. The topological polar surface area (TPSA) is 96.4 Å². The van der Waals surface area contributed by atoms with E-state index in [1.807, 2.05) is 13.8 Å². The molecule has 3 rings (SSSR count). The predicted molar refractivity (Wildman–Crippen MR) is 137 cm³/mol. The van der Waals surface area contributed by atoms with Crippen molar-refractivity contribution in [3.63, 3.8) is 0 Å². The predicted octanol–water partition coefficient (Wildman–Crippen LogP) is 3.09. The van der Waals surface area contributed by atoms with Crippen LogP contribution >= 0.6 is 0 Å². The molecule has 2 amide bonds. The fraction of sp³-hybridized carbons (Fsp3) is 0.750. The number of fused-ring (bicyclic) bond motifs is 1. The van der Waals surface area contributed by atoms with Gasteiger partial charge in [-0.05, 0) is 45.4 Å². The summed E-state index contributed by atoms with van der Waals surface area (Å²) in [7, 11) is 0. The summed E-state index contributed by atoms with van der Waals surface area (Å²) in [5.41, 5.74) is -2.05. The summed E-state index contributed by atoms with van der Waals surface area (Å²) >= 11 is 0. The third-order valence-corrected chi connectivity index (χ3v) is 8.47. The van der Waals surface area contributed by atoms with E-state index in [1.54, 1.807) is 24.0 Å². The van der Waals surface area contributed by atoms with E-state index < -0.39 is 41.1 Å². The molecule has 3 fully saturated rings. The van der Waals surface area contributed by atoms with Gasteiger partial charge >= 0.3 is 5.97 Å². The monoisotopic (exact) mass is 504 g/mol. The lowest BCUT2D eigenvalue weighted by molar-refractivity contribution is -0.163. The van der Waals surface area contributed by atoms with Gasteiger partial charge in [0.15, 0.2) is 0 Å². The van der Waals surface area contributed by atoms with E-state index in [0.717, 1.165) is 25.7 Å². The Morgan fingerprint density at radius 1 is 1.31 bits per heavy atom. The Balaban J connectivity index is 2.01. The maximum atomic E-state index is 14.2. The molecule has 3 saturated heterocycles. The van der Waals surface area contributed by atoms with Gasteiger partial charge in [0.05, 0.1) is 30.8 Å². The highest BCUT2D eigenvalue weighted by Crippen LogP contribution is 2.65. The van der Waals surface area contributed by atoms with Crippen LogP contribution in [0.25, 0.3) is 0 Å². The smallest absolute Gasteiger partial charge is 0.312 e. The first-order valence-corrected chi connectivity index (χ1v) is 13.4. The Kier molecular flexibility index (Phi) is 9.04. The zero-order valence-corrected chi connectivity index (χ0v) is 22.4. The standard InChI is InChI=1S/C28H44N2O6/c1-7-10-12-15-29(14-9-3)25(33)23-28-17-19(4)27(6,36-28)22(26(34)35-16-13-11-8-2)21(28)24(32)30(23)20(5)18-31/h8-9,19-23,31H,2-3,7,10-18H2,1,4-6H3/t19?,20-,21+,22+,23?,27-,28?/m1/s1. The number of esters is 1. The summed E-state index contributed by atoms with van der Waals surface area (Å²) in [6.07, 6.45) is 8.18. The molecule has 3 aliphatic heterocycles. The number of rotatable bonds is 14. The van der Waals surface area contributed by atoms with Crippen molar-refractivity contribution in [2.45, 2.75) is 89.5 Å². The van der Waals surface area contributed by atoms with Gasteiger partial charge in [0.25, 0.3) is 0 Å². The van der Waals surface area contributed by atoms with Crippen LogP contribution in [0, 0.1) is 17.8 Å². The molecule has 3 aliphatic rings. The minimum atomic E-state index is -1.14. The van der Waals surface area contributed by atoms with Crippen molar-refractivity contribution in [1.29, 1.82) is 0 Å². The van der Waals surface area contributed by atoms with Gasteiger partial charge in [-0.25, -0.2) is 0 Å². The number of unbranched alkanes of at least 4 members (excludes halogenated alkanes) is 3. The molecule has 0 aliphatic carbocycles. The summed E-state index contributed by atoms with van der Waals surface area (Å²) < 4.78 is 12.3. The Hall–Kier alpha value is -2.19. The van der Waals surface area contributed by atoms with Crippen molar-refractivity contribution < 1.29 is 29.0 Å². The van der Waals surface area contributed by atoms with Gasteiger partial charge < -0.3 is 24.4 Å². The lowest BCUT2D eigenvalue weighted by atomic mass is 9.62. The first-order chi connectivity index (χ1) is 17.1. The van der Waals surface area contributed by atoms with Crippen molar-refractivity contribution >= 4 is 17.8 Å². The Bertz CT molecular complexity index is 861. The van der Waals surface area contributed by atoms with Crippen LogP contribution in [-0.4, -0.2) is 82.3 Å². The van der Waals surface area contributed by atoms with Crippen LogP contribution in [0.4, 0.5) is 0 Å². The average molecular weight is 505 g/mol. The summed E-state index contributed by atoms with van der Waals surface area (Å²) in [5, 5.41) is 10.0. The molecule has 8 nitrogen and oxygen atoms in total. The van der Waals surface area contributed by atoms with E-state index in [-0.39, 0.29) is 30.9 Å². The van der Waals surface area contributed by atoms with Crippen LogP contribution in [0.3, 0.4) is 0 Å². The van der Waals surface area contributed by atoms with E-state index in [0.29, 0.717) is 25.9 Å². The van der Waals surface area contributed by atoms with E-state index in [2.05, 4.69) is 20.1 Å². The second-order valence-electron chi connectivity index (χ2n) is 10.9. The molecule has 1 N–H and O–H groups in total. The van der Waals surface area contributed by atoms with Crippen LogP contribution in [0.5, 0.6) is 0 Å². The maximum Gasteiger partial charge on any atom is 0.312 e. The largest absolute Gasteiger partial charge is 0.465 e. The number of likely N-dealkylation sites (tertiary alicyclic amines) is 1. The zero-order chi connectivity index (χ0) is 26.7. The highest BCUT2D eigenvalue weighted by Gasteiger charge is 2.80. The molecule has 0 aromatic rings. The molecule has 3 heterocycles. The number of ether oxygens (including phenoxy) is 2. The van der Waals surface area contributed by atoms with E-state index in [4.69, 9.17) is 9.47 Å². The van der Waals surface area contributed by atoms with Crippen molar-refractivity contribution in [3.8, 4) is 0 Å². The fourth-order valence-corrected chi connectivity index (χ4v) is 6.54. The van der Waals surface area contributed by atoms with Gasteiger partial charge in [0, 0.05) is 13.1 Å². The number of aliphatic hydroxyl groups is 1. The highest BCUT2D eigenvalue weighted by atomic mass is 16.6. The number of nitrogens with zero attached hydrogens (tertiary/aromatic N) is 2. The minimum absolute atomic E-state index is 0.0556. The molecule has 0 aromatic heterocycles. The van der Waals surface area contributed by atoms with Crippen molar-refractivity contribution in [3.05, 3.63) is 25.3 Å². The molecule has 202 valence electrons. The molecule has 3 unspecified atom stereocenters. The number of carbonyl (C=O) groups excluding carboxylic acids is 3.